The van der Waals surface area contributed by atoms with Gasteiger partial charge in [0.2, 0.25) is 0 Å². The third kappa shape index (κ3) is 8.06. The van der Waals surface area contributed by atoms with Crippen LogP contribution >= 0.6 is 0 Å². The van der Waals surface area contributed by atoms with E-state index in [1.165, 1.54) is 0 Å². The molecule has 1 fully saturated rings. The first-order chi connectivity index (χ1) is 16.2. The van der Waals surface area contributed by atoms with Crippen LogP contribution < -0.4 is 16.4 Å². The summed E-state index contributed by atoms with van der Waals surface area (Å²) in [6.45, 7) is 6.14. The summed E-state index contributed by atoms with van der Waals surface area (Å²) in [5.74, 6) is 0. The Hall–Kier alpha value is -3.06. The zero-order chi connectivity index (χ0) is 24.6. The van der Waals surface area contributed by atoms with Gasteiger partial charge < -0.3 is 20.5 Å². The van der Waals surface area contributed by atoms with Gasteiger partial charge in [-0.1, -0.05) is 42.5 Å². The number of alkyl carbamates (subject to hydrolysis) is 1. The molecule has 0 atom stereocenters. The lowest BCUT2D eigenvalue weighted by Gasteiger charge is -2.30. The van der Waals surface area contributed by atoms with Crippen molar-refractivity contribution in [3.8, 4) is 11.1 Å². The van der Waals surface area contributed by atoms with E-state index in [4.69, 9.17) is 15.2 Å². The first-order valence-corrected chi connectivity index (χ1v) is 12.1. The summed E-state index contributed by atoms with van der Waals surface area (Å²) in [6.07, 6.45) is 3.54. The minimum absolute atomic E-state index is 0.0293. The Morgan fingerprint density at radius 1 is 1.00 bits per heavy atom. The van der Waals surface area contributed by atoms with Crippen molar-refractivity contribution >= 4 is 17.9 Å². The van der Waals surface area contributed by atoms with Gasteiger partial charge in [-0.25, -0.2) is 9.59 Å². The van der Waals surface area contributed by atoms with Gasteiger partial charge in [-0.15, -0.1) is 0 Å². The maximum Gasteiger partial charge on any atom is 0.411 e. The predicted octanol–water partition coefficient (Wildman–Crippen LogP) is 5.63. The fraction of sp³-hybridized carbons (Fsp3) is 0.481. The van der Waals surface area contributed by atoms with E-state index >= 15 is 0 Å². The number of carbonyl (C=O) groups excluding carboxylic acids is 2. The van der Waals surface area contributed by atoms with Crippen LogP contribution in [0.1, 0.15) is 58.4 Å². The highest BCUT2D eigenvalue weighted by Gasteiger charge is 2.27. The number of aryl methyl sites for hydroxylation is 1. The number of benzene rings is 2. The van der Waals surface area contributed by atoms with Crippen LogP contribution in [0.25, 0.3) is 11.1 Å². The molecular formula is C27H37N3O4. The van der Waals surface area contributed by atoms with E-state index in [9.17, 15) is 9.59 Å². The number of hydrogen-bond donors (Lipinski definition) is 3. The smallest absolute Gasteiger partial charge is 0.411 e. The number of ether oxygens (including phenoxy) is 2. The molecule has 1 aliphatic rings. The molecule has 0 unspecified atom stereocenters. The zero-order valence-corrected chi connectivity index (χ0v) is 20.4. The molecule has 0 aliphatic heterocycles. The number of nitrogens with one attached hydrogen (secondary N) is 2. The van der Waals surface area contributed by atoms with Gasteiger partial charge in [0, 0.05) is 11.6 Å². The monoisotopic (exact) mass is 467 g/mol. The molecule has 0 bridgehead atoms. The summed E-state index contributed by atoms with van der Waals surface area (Å²) in [7, 11) is 0. The second-order valence-electron chi connectivity index (χ2n) is 9.79. The molecule has 1 aliphatic carbocycles. The number of carbonyl (C=O) groups is 2. The first-order valence-electron chi connectivity index (χ1n) is 12.1. The third-order valence-electron chi connectivity index (χ3n) is 5.74. The quantitative estimate of drug-likeness (QED) is 0.490. The lowest BCUT2D eigenvalue weighted by molar-refractivity contribution is 0.0440. The summed E-state index contributed by atoms with van der Waals surface area (Å²) >= 11 is 0. The third-order valence-corrected chi connectivity index (χ3v) is 5.74. The van der Waals surface area contributed by atoms with Gasteiger partial charge >= 0.3 is 12.2 Å². The number of anilines is 1. The van der Waals surface area contributed by atoms with Gasteiger partial charge in [-0.05, 0) is 83.0 Å². The molecule has 0 heterocycles. The van der Waals surface area contributed by atoms with Crippen LogP contribution in [0, 0.1) is 0 Å². The van der Waals surface area contributed by atoms with Gasteiger partial charge in [0.1, 0.15) is 11.7 Å². The van der Waals surface area contributed by atoms with Crippen LogP contribution in [0.4, 0.5) is 15.3 Å². The molecule has 2 amide bonds. The Morgan fingerprint density at radius 3 is 2.35 bits per heavy atom. The van der Waals surface area contributed by atoms with E-state index < -0.39 is 17.8 Å². The summed E-state index contributed by atoms with van der Waals surface area (Å²) in [4.78, 5) is 24.8. The van der Waals surface area contributed by atoms with E-state index in [1.807, 2.05) is 63.2 Å². The van der Waals surface area contributed by atoms with Gasteiger partial charge in [0.25, 0.3) is 0 Å². The minimum atomic E-state index is -0.525. The van der Waals surface area contributed by atoms with Crippen molar-refractivity contribution in [2.45, 2.75) is 77.0 Å². The highest BCUT2D eigenvalue weighted by molar-refractivity contribution is 5.91. The molecule has 3 rings (SSSR count). The van der Waals surface area contributed by atoms with Crippen molar-refractivity contribution < 1.29 is 19.1 Å². The molecule has 4 N–H and O–H groups in total. The minimum Gasteiger partial charge on any atom is -0.446 e. The van der Waals surface area contributed by atoms with E-state index in [0.717, 1.165) is 48.1 Å². The lowest BCUT2D eigenvalue weighted by Crippen LogP contribution is -2.42. The van der Waals surface area contributed by atoms with Gasteiger partial charge in [0.15, 0.2) is 0 Å². The Kier molecular flexibility index (Phi) is 8.93. The van der Waals surface area contributed by atoms with Crippen molar-refractivity contribution in [3.63, 3.8) is 0 Å². The molecule has 0 spiro atoms. The maximum absolute atomic E-state index is 12.8. The first kappa shape index (κ1) is 25.6. The molecule has 184 valence electrons. The Morgan fingerprint density at radius 2 is 1.71 bits per heavy atom. The zero-order valence-electron chi connectivity index (χ0n) is 20.4. The van der Waals surface area contributed by atoms with Crippen LogP contribution in [0.2, 0.25) is 0 Å². The summed E-state index contributed by atoms with van der Waals surface area (Å²) in [5, 5.41) is 5.87. The van der Waals surface area contributed by atoms with E-state index in [2.05, 4.69) is 16.7 Å². The fourth-order valence-corrected chi connectivity index (χ4v) is 4.12. The topological polar surface area (TPSA) is 103 Å². The van der Waals surface area contributed by atoms with Crippen molar-refractivity contribution in [2.75, 3.05) is 11.9 Å². The molecule has 0 aromatic heterocycles. The Labute approximate surface area is 202 Å². The SMILES string of the molecule is CC(C)(C)OC(=O)NC1CCC(OC(=O)Nc2cc(CCCN)ccc2-c2ccccc2)CC1. The number of rotatable bonds is 7. The fourth-order valence-electron chi connectivity index (χ4n) is 4.12. The molecule has 0 radical (unpaired) electrons. The standard InChI is InChI=1S/C27H37N3O4/c1-27(2,3)34-26(32)29-21-12-14-22(15-13-21)33-25(31)30-24-18-19(8-7-17-28)11-16-23(24)20-9-5-4-6-10-20/h4-6,9-11,16,18,21-22H,7-8,12-15,17,28H2,1-3H3,(H,29,32)(H,30,31). The van der Waals surface area contributed by atoms with Crippen molar-refractivity contribution in [1.29, 1.82) is 0 Å². The van der Waals surface area contributed by atoms with Crippen LogP contribution in [0.5, 0.6) is 0 Å². The van der Waals surface area contributed by atoms with Gasteiger partial charge in [0.05, 0.1) is 5.69 Å². The second kappa shape index (κ2) is 11.9. The van der Waals surface area contributed by atoms with Crippen LogP contribution in [0.3, 0.4) is 0 Å². The van der Waals surface area contributed by atoms with Crippen molar-refractivity contribution in [3.05, 3.63) is 54.1 Å². The molecular weight excluding hydrogens is 430 g/mol. The van der Waals surface area contributed by atoms with Crippen LogP contribution in [-0.4, -0.2) is 36.5 Å². The van der Waals surface area contributed by atoms with Crippen molar-refractivity contribution in [2.24, 2.45) is 5.73 Å². The number of amides is 2. The number of hydrogen-bond acceptors (Lipinski definition) is 5. The number of nitrogens with two attached hydrogens (primary N) is 1. The summed E-state index contributed by atoms with van der Waals surface area (Å²) in [6, 6.07) is 16.1. The molecule has 7 heteroatoms. The van der Waals surface area contributed by atoms with E-state index in [1.54, 1.807) is 0 Å². The average Bonchev–Trinajstić information content (AvgIpc) is 2.78. The molecule has 34 heavy (non-hydrogen) atoms. The highest BCUT2D eigenvalue weighted by atomic mass is 16.6. The van der Waals surface area contributed by atoms with E-state index in [-0.39, 0.29) is 12.1 Å². The average molecular weight is 468 g/mol. The van der Waals surface area contributed by atoms with E-state index in [0.29, 0.717) is 19.4 Å². The maximum atomic E-state index is 12.8. The predicted molar refractivity (Wildman–Crippen MR) is 135 cm³/mol. The van der Waals surface area contributed by atoms with Gasteiger partial charge in [-0.3, -0.25) is 5.32 Å². The van der Waals surface area contributed by atoms with Gasteiger partial charge in [-0.2, -0.15) is 0 Å². The summed E-state index contributed by atoms with van der Waals surface area (Å²) < 4.78 is 11.1. The van der Waals surface area contributed by atoms with Crippen molar-refractivity contribution in [1.82, 2.24) is 5.32 Å². The molecule has 2 aromatic rings. The molecule has 0 saturated heterocycles. The molecule has 7 nitrogen and oxygen atoms in total. The van der Waals surface area contributed by atoms with Crippen LogP contribution in [-0.2, 0) is 15.9 Å². The molecule has 1 saturated carbocycles. The summed E-state index contributed by atoms with van der Waals surface area (Å²) in [5.41, 5.74) is 8.95. The lowest BCUT2D eigenvalue weighted by atomic mass is 9.93. The molecule has 2 aromatic carbocycles. The largest absolute Gasteiger partial charge is 0.446 e. The Balaban J connectivity index is 1.57. The Bertz CT molecular complexity index is 948. The van der Waals surface area contributed by atoms with Crippen LogP contribution in [0.15, 0.2) is 48.5 Å². The highest BCUT2D eigenvalue weighted by Crippen LogP contribution is 2.30. The normalized spacial score (nSPS) is 18.1. The second-order valence-corrected chi connectivity index (χ2v) is 9.79.